The van der Waals surface area contributed by atoms with E-state index in [0.29, 0.717) is 24.9 Å². The quantitative estimate of drug-likeness (QED) is 0.673. The SMILES string of the molecule is Cc1cnc(-c2cccnc2)n1CC1CCN(C(=O)Nc2ccc3c(c2)OCCO3)CC1. The van der Waals surface area contributed by atoms with Crippen LogP contribution in [-0.2, 0) is 6.54 Å². The number of carbonyl (C=O) groups is 1. The number of fused-ring (bicyclic) bond motifs is 1. The molecule has 0 unspecified atom stereocenters. The number of imidazole rings is 1. The van der Waals surface area contributed by atoms with Gasteiger partial charge in [-0.15, -0.1) is 0 Å². The third-order valence-corrected chi connectivity index (χ3v) is 6.11. The number of pyridine rings is 1. The summed E-state index contributed by atoms with van der Waals surface area (Å²) in [7, 11) is 0. The molecule has 0 bridgehead atoms. The Morgan fingerprint density at radius 2 is 1.94 bits per heavy atom. The zero-order chi connectivity index (χ0) is 21.9. The molecule has 0 spiro atoms. The largest absolute Gasteiger partial charge is 0.486 e. The van der Waals surface area contributed by atoms with Crippen molar-refractivity contribution in [3.63, 3.8) is 0 Å². The molecule has 2 aromatic heterocycles. The van der Waals surface area contributed by atoms with Crippen LogP contribution < -0.4 is 14.8 Å². The van der Waals surface area contributed by atoms with E-state index < -0.39 is 0 Å². The lowest BCUT2D eigenvalue weighted by atomic mass is 9.96. The number of aromatic nitrogens is 3. The Bertz CT molecular complexity index is 1090. The van der Waals surface area contributed by atoms with Crippen molar-refractivity contribution in [2.24, 2.45) is 5.92 Å². The predicted molar refractivity (Wildman–Crippen MR) is 121 cm³/mol. The number of hydrogen-bond donors (Lipinski definition) is 1. The molecule has 0 atom stereocenters. The van der Waals surface area contributed by atoms with Gasteiger partial charge in [-0.25, -0.2) is 9.78 Å². The molecule has 166 valence electrons. The second-order valence-corrected chi connectivity index (χ2v) is 8.29. The maximum atomic E-state index is 12.8. The lowest BCUT2D eigenvalue weighted by Crippen LogP contribution is -2.41. The van der Waals surface area contributed by atoms with E-state index >= 15 is 0 Å². The summed E-state index contributed by atoms with van der Waals surface area (Å²) in [5.74, 6) is 2.84. The molecule has 1 fully saturated rings. The summed E-state index contributed by atoms with van der Waals surface area (Å²) in [6.07, 6.45) is 7.45. The average Bonchev–Trinajstić information content (AvgIpc) is 3.20. The Balaban J connectivity index is 1.18. The van der Waals surface area contributed by atoms with E-state index in [4.69, 9.17) is 9.47 Å². The van der Waals surface area contributed by atoms with Gasteiger partial charge in [0.05, 0.1) is 0 Å². The first-order chi connectivity index (χ1) is 15.7. The van der Waals surface area contributed by atoms with E-state index in [0.717, 1.165) is 61.0 Å². The number of aryl methyl sites for hydroxylation is 1. The third kappa shape index (κ3) is 4.26. The number of carbonyl (C=O) groups excluding carboxylic acids is 1. The molecular formula is C24H27N5O3. The van der Waals surface area contributed by atoms with Crippen LogP contribution in [0.15, 0.2) is 48.9 Å². The first-order valence-corrected chi connectivity index (χ1v) is 11.1. The lowest BCUT2D eigenvalue weighted by molar-refractivity contribution is 0.171. The van der Waals surface area contributed by atoms with E-state index in [1.54, 1.807) is 6.20 Å². The highest BCUT2D eigenvalue weighted by atomic mass is 16.6. The summed E-state index contributed by atoms with van der Waals surface area (Å²) in [4.78, 5) is 23.5. The first kappa shape index (κ1) is 20.4. The van der Waals surface area contributed by atoms with Gasteiger partial charge in [0.15, 0.2) is 11.5 Å². The molecule has 4 heterocycles. The Morgan fingerprint density at radius 1 is 1.12 bits per heavy atom. The van der Waals surface area contributed by atoms with Gasteiger partial charge in [0.2, 0.25) is 0 Å². The molecule has 5 rings (SSSR count). The van der Waals surface area contributed by atoms with Crippen molar-refractivity contribution < 1.29 is 14.3 Å². The average molecular weight is 434 g/mol. The van der Waals surface area contributed by atoms with Gasteiger partial charge in [-0.2, -0.15) is 0 Å². The highest BCUT2D eigenvalue weighted by Crippen LogP contribution is 2.33. The van der Waals surface area contributed by atoms with E-state index in [1.165, 1.54) is 0 Å². The highest BCUT2D eigenvalue weighted by molar-refractivity contribution is 5.89. The number of hydrogen-bond acceptors (Lipinski definition) is 5. The summed E-state index contributed by atoms with van der Waals surface area (Å²) in [5.41, 5.74) is 2.89. The Morgan fingerprint density at radius 3 is 2.72 bits per heavy atom. The van der Waals surface area contributed by atoms with Crippen LogP contribution in [0.2, 0.25) is 0 Å². The van der Waals surface area contributed by atoms with E-state index in [1.807, 2.05) is 47.6 Å². The summed E-state index contributed by atoms with van der Waals surface area (Å²) in [6.45, 7) is 5.53. The molecule has 8 nitrogen and oxygen atoms in total. The Hall–Kier alpha value is -3.55. The van der Waals surface area contributed by atoms with Gasteiger partial charge in [-0.3, -0.25) is 4.98 Å². The fourth-order valence-corrected chi connectivity index (χ4v) is 4.32. The van der Waals surface area contributed by atoms with Crippen LogP contribution in [0, 0.1) is 12.8 Å². The smallest absolute Gasteiger partial charge is 0.321 e. The minimum Gasteiger partial charge on any atom is -0.486 e. The number of nitrogens with zero attached hydrogens (tertiary/aromatic N) is 4. The molecule has 3 aromatic rings. The van der Waals surface area contributed by atoms with E-state index in [9.17, 15) is 4.79 Å². The number of rotatable bonds is 4. The molecule has 2 amide bonds. The van der Waals surface area contributed by atoms with Crippen LogP contribution in [0.3, 0.4) is 0 Å². The molecule has 0 saturated carbocycles. The summed E-state index contributed by atoms with van der Waals surface area (Å²) in [6, 6.07) is 9.40. The maximum absolute atomic E-state index is 12.8. The van der Waals surface area contributed by atoms with Crippen LogP contribution in [0.25, 0.3) is 11.4 Å². The number of nitrogens with one attached hydrogen (secondary N) is 1. The standard InChI is InChI=1S/C24H27N5O3/c1-17-14-26-23(19-3-2-8-25-15-19)29(17)16-18-6-9-28(10-7-18)24(30)27-20-4-5-21-22(13-20)32-12-11-31-21/h2-5,8,13-15,18H,6-7,9-12,16H2,1H3,(H,27,30). The van der Waals surface area contributed by atoms with Crippen molar-refractivity contribution in [2.45, 2.75) is 26.3 Å². The molecule has 0 radical (unpaired) electrons. The van der Waals surface area contributed by atoms with Crippen LogP contribution in [0.4, 0.5) is 10.5 Å². The van der Waals surface area contributed by atoms with Crippen LogP contribution >= 0.6 is 0 Å². The normalized spacial score (nSPS) is 16.1. The van der Waals surface area contributed by atoms with Gasteiger partial charge in [-0.05, 0) is 49.9 Å². The number of anilines is 1. The second kappa shape index (κ2) is 8.90. The minimum absolute atomic E-state index is 0.0741. The number of benzene rings is 1. The second-order valence-electron chi connectivity index (χ2n) is 8.29. The first-order valence-electron chi connectivity index (χ1n) is 11.1. The topological polar surface area (TPSA) is 81.5 Å². The molecule has 0 aliphatic carbocycles. The summed E-state index contributed by atoms with van der Waals surface area (Å²) >= 11 is 0. The molecule has 2 aliphatic heterocycles. The maximum Gasteiger partial charge on any atom is 0.321 e. The predicted octanol–water partition coefficient (Wildman–Crippen LogP) is 3.97. The lowest BCUT2D eigenvalue weighted by Gasteiger charge is -2.32. The van der Waals surface area contributed by atoms with Crippen molar-refractivity contribution in [1.82, 2.24) is 19.4 Å². The minimum atomic E-state index is -0.0741. The number of urea groups is 1. The summed E-state index contributed by atoms with van der Waals surface area (Å²) in [5, 5.41) is 2.99. The fraction of sp³-hybridized carbons (Fsp3) is 0.375. The van der Waals surface area contributed by atoms with Crippen LogP contribution in [0.5, 0.6) is 11.5 Å². The number of ether oxygens (including phenoxy) is 2. The molecule has 1 N–H and O–H groups in total. The number of piperidine rings is 1. The van der Waals surface area contributed by atoms with E-state index in [-0.39, 0.29) is 6.03 Å². The highest BCUT2D eigenvalue weighted by Gasteiger charge is 2.25. The van der Waals surface area contributed by atoms with Crippen molar-refractivity contribution in [1.29, 1.82) is 0 Å². The van der Waals surface area contributed by atoms with Crippen molar-refractivity contribution in [2.75, 3.05) is 31.6 Å². The van der Waals surface area contributed by atoms with Crippen LogP contribution in [0.1, 0.15) is 18.5 Å². The molecular weight excluding hydrogens is 406 g/mol. The molecule has 1 saturated heterocycles. The molecule has 1 aromatic carbocycles. The van der Waals surface area contributed by atoms with Gasteiger partial charge >= 0.3 is 6.03 Å². The fourth-order valence-electron chi connectivity index (χ4n) is 4.32. The van der Waals surface area contributed by atoms with Gasteiger partial charge < -0.3 is 24.3 Å². The summed E-state index contributed by atoms with van der Waals surface area (Å²) < 4.78 is 13.4. The Labute approximate surface area is 187 Å². The number of amides is 2. The van der Waals surface area contributed by atoms with Gasteiger partial charge in [0.1, 0.15) is 19.0 Å². The number of likely N-dealkylation sites (tertiary alicyclic amines) is 1. The van der Waals surface area contributed by atoms with Gasteiger partial charge in [0.25, 0.3) is 0 Å². The zero-order valence-corrected chi connectivity index (χ0v) is 18.2. The van der Waals surface area contributed by atoms with Crippen LogP contribution in [-0.4, -0.2) is 51.8 Å². The van der Waals surface area contributed by atoms with Crippen molar-refractivity contribution in [3.05, 3.63) is 54.6 Å². The van der Waals surface area contributed by atoms with Crippen molar-refractivity contribution in [3.8, 4) is 22.9 Å². The molecule has 2 aliphatic rings. The van der Waals surface area contributed by atoms with E-state index in [2.05, 4.69) is 26.8 Å². The zero-order valence-electron chi connectivity index (χ0n) is 18.2. The van der Waals surface area contributed by atoms with Gasteiger partial charge in [0, 0.05) is 61.2 Å². The third-order valence-electron chi connectivity index (χ3n) is 6.11. The Kier molecular flexibility index (Phi) is 5.66. The monoisotopic (exact) mass is 433 g/mol. The molecule has 8 heteroatoms. The van der Waals surface area contributed by atoms with Gasteiger partial charge in [-0.1, -0.05) is 0 Å². The van der Waals surface area contributed by atoms with Crippen molar-refractivity contribution >= 4 is 11.7 Å². The molecule has 32 heavy (non-hydrogen) atoms.